The van der Waals surface area contributed by atoms with Crippen molar-refractivity contribution in [1.82, 2.24) is 9.13 Å². The number of aromatic nitrogens is 2. The van der Waals surface area contributed by atoms with Crippen LogP contribution in [0.5, 0.6) is 0 Å². The van der Waals surface area contributed by atoms with E-state index >= 15 is 0 Å². The lowest BCUT2D eigenvalue weighted by atomic mass is 10.1. The molecular formula is C24H23N3O3S. The van der Waals surface area contributed by atoms with Gasteiger partial charge in [0, 0.05) is 5.69 Å². The third-order valence-corrected chi connectivity index (χ3v) is 6.21. The summed E-state index contributed by atoms with van der Waals surface area (Å²) in [5.41, 5.74) is 3.72. The summed E-state index contributed by atoms with van der Waals surface area (Å²) in [5.74, 6) is -0.318. The fraction of sp³-hybridized carbons (Fsp3) is 0.208. The van der Waals surface area contributed by atoms with Gasteiger partial charge in [-0.3, -0.25) is 14.2 Å². The molecule has 0 saturated carbocycles. The van der Waals surface area contributed by atoms with E-state index in [4.69, 9.17) is 0 Å². The number of nitrogens with zero attached hydrogens (tertiary/aromatic N) is 2. The van der Waals surface area contributed by atoms with Gasteiger partial charge in [0.15, 0.2) is 0 Å². The third-order valence-electron chi connectivity index (χ3n) is 5.32. The Labute approximate surface area is 183 Å². The Bertz CT molecular complexity index is 1410. The van der Waals surface area contributed by atoms with E-state index in [0.717, 1.165) is 28.8 Å². The second-order valence-electron chi connectivity index (χ2n) is 7.49. The highest BCUT2D eigenvalue weighted by molar-refractivity contribution is 7.17. The number of thiophene rings is 1. The van der Waals surface area contributed by atoms with Gasteiger partial charge in [-0.2, -0.15) is 0 Å². The molecule has 0 saturated heterocycles. The summed E-state index contributed by atoms with van der Waals surface area (Å²) in [4.78, 5) is 39.4. The smallest absolute Gasteiger partial charge is 0.324 e. The fourth-order valence-corrected chi connectivity index (χ4v) is 4.62. The summed E-state index contributed by atoms with van der Waals surface area (Å²) in [6.45, 7) is 5.66. The number of carbonyl (C=O) groups is 1. The summed E-state index contributed by atoms with van der Waals surface area (Å²) < 4.78 is 2.98. The molecule has 7 heteroatoms. The monoisotopic (exact) mass is 433 g/mol. The second-order valence-corrected chi connectivity index (χ2v) is 8.41. The first kappa shape index (κ1) is 20.8. The highest BCUT2D eigenvalue weighted by Crippen LogP contribution is 2.19. The van der Waals surface area contributed by atoms with Crippen molar-refractivity contribution in [3.8, 4) is 5.69 Å². The van der Waals surface area contributed by atoms with Crippen LogP contribution in [0.1, 0.15) is 23.6 Å². The van der Waals surface area contributed by atoms with Crippen LogP contribution in [-0.4, -0.2) is 15.0 Å². The predicted molar refractivity (Wildman–Crippen MR) is 126 cm³/mol. The summed E-state index contributed by atoms with van der Waals surface area (Å²) in [5, 5.41) is 4.67. The van der Waals surface area contributed by atoms with Crippen molar-refractivity contribution < 1.29 is 4.79 Å². The van der Waals surface area contributed by atoms with Gasteiger partial charge in [-0.15, -0.1) is 11.3 Å². The summed E-state index contributed by atoms with van der Waals surface area (Å²) in [6.07, 6.45) is 0.781. The average Bonchev–Trinajstić information content (AvgIpc) is 3.23. The Kier molecular flexibility index (Phi) is 5.61. The number of carbonyl (C=O) groups excluding carboxylic acids is 1. The van der Waals surface area contributed by atoms with Gasteiger partial charge in [0.2, 0.25) is 5.91 Å². The van der Waals surface area contributed by atoms with Crippen LogP contribution in [0.3, 0.4) is 0 Å². The van der Waals surface area contributed by atoms with Crippen molar-refractivity contribution in [2.45, 2.75) is 33.7 Å². The zero-order valence-electron chi connectivity index (χ0n) is 17.6. The largest absolute Gasteiger partial charge is 0.336 e. The van der Waals surface area contributed by atoms with Crippen LogP contribution < -0.4 is 16.6 Å². The molecule has 4 rings (SSSR count). The first-order chi connectivity index (χ1) is 14.9. The fourth-order valence-electron chi connectivity index (χ4n) is 3.79. The van der Waals surface area contributed by atoms with Crippen molar-refractivity contribution in [3.05, 3.63) is 91.4 Å². The second kappa shape index (κ2) is 8.35. The molecule has 158 valence electrons. The molecular weight excluding hydrogens is 410 g/mol. The van der Waals surface area contributed by atoms with Gasteiger partial charge in [0.1, 0.15) is 11.2 Å². The van der Waals surface area contributed by atoms with Gasteiger partial charge < -0.3 is 5.32 Å². The number of fused-ring (bicyclic) bond motifs is 1. The minimum absolute atomic E-state index is 0.185. The number of para-hydroxylation sites is 1. The third kappa shape index (κ3) is 3.84. The van der Waals surface area contributed by atoms with Crippen LogP contribution in [0.4, 0.5) is 5.69 Å². The molecule has 0 aliphatic heterocycles. The molecule has 0 fully saturated rings. The Morgan fingerprint density at radius 3 is 2.58 bits per heavy atom. The Morgan fingerprint density at radius 1 is 1.06 bits per heavy atom. The van der Waals surface area contributed by atoms with E-state index in [1.165, 1.54) is 20.5 Å². The summed E-state index contributed by atoms with van der Waals surface area (Å²) in [6, 6.07) is 14.9. The van der Waals surface area contributed by atoms with E-state index in [0.29, 0.717) is 15.9 Å². The number of amides is 1. The lowest BCUT2D eigenvalue weighted by molar-refractivity contribution is -0.116. The number of rotatable bonds is 5. The molecule has 4 aromatic rings. The quantitative estimate of drug-likeness (QED) is 0.516. The normalized spacial score (nSPS) is 11.1. The first-order valence-corrected chi connectivity index (χ1v) is 11.0. The maximum Gasteiger partial charge on any atom is 0.336 e. The van der Waals surface area contributed by atoms with Crippen molar-refractivity contribution in [1.29, 1.82) is 0 Å². The van der Waals surface area contributed by atoms with E-state index in [1.807, 2.05) is 57.2 Å². The molecule has 1 N–H and O–H groups in total. The minimum atomic E-state index is -0.526. The molecule has 0 bridgehead atoms. The summed E-state index contributed by atoms with van der Waals surface area (Å²) in [7, 11) is 0. The minimum Gasteiger partial charge on any atom is -0.324 e. The van der Waals surface area contributed by atoms with Gasteiger partial charge in [-0.05, 0) is 55.0 Å². The van der Waals surface area contributed by atoms with Crippen molar-refractivity contribution in [2.75, 3.05) is 5.32 Å². The van der Waals surface area contributed by atoms with Crippen molar-refractivity contribution in [3.63, 3.8) is 0 Å². The number of nitrogens with one attached hydrogen (secondary N) is 1. The maximum atomic E-state index is 13.4. The molecule has 0 unspecified atom stereocenters. The van der Waals surface area contributed by atoms with Gasteiger partial charge in [-0.1, -0.05) is 42.8 Å². The maximum absolute atomic E-state index is 13.4. The van der Waals surface area contributed by atoms with Crippen LogP contribution in [0, 0.1) is 13.8 Å². The van der Waals surface area contributed by atoms with Crippen LogP contribution in [0.15, 0.2) is 63.5 Å². The molecule has 0 aliphatic carbocycles. The zero-order valence-corrected chi connectivity index (χ0v) is 18.5. The highest BCUT2D eigenvalue weighted by Gasteiger charge is 2.19. The van der Waals surface area contributed by atoms with E-state index in [2.05, 4.69) is 5.32 Å². The van der Waals surface area contributed by atoms with Crippen LogP contribution in [0.25, 0.3) is 15.9 Å². The zero-order chi connectivity index (χ0) is 22.1. The molecule has 0 spiro atoms. The van der Waals surface area contributed by atoms with Crippen LogP contribution in [-0.2, 0) is 17.8 Å². The Morgan fingerprint density at radius 2 is 1.84 bits per heavy atom. The van der Waals surface area contributed by atoms with E-state index in [-0.39, 0.29) is 18.0 Å². The molecule has 2 heterocycles. The number of hydrogen-bond acceptors (Lipinski definition) is 4. The molecule has 2 aromatic heterocycles. The predicted octanol–water partition coefficient (Wildman–Crippen LogP) is 4.03. The number of benzene rings is 2. The van der Waals surface area contributed by atoms with E-state index in [9.17, 15) is 14.4 Å². The van der Waals surface area contributed by atoms with Gasteiger partial charge in [0.25, 0.3) is 5.56 Å². The molecule has 2 aromatic carbocycles. The van der Waals surface area contributed by atoms with E-state index < -0.39 is 5.69 Å². The number of anilines is 1. The number of aryl methyl sites for hydroxylation is 3. The standard InChI is InChI=1S/C24H23N3O3S/c1-4-17-7-5-6-8-18(17)25-21(28)14-26-20-11-12-31-22(20)23(29)27(24(26)30)19-10-9-15(2)13-16(19)3/h5-13H,4,14H2,1-3H3,(H,25,28). The first-order valence-electron chi connectivity index (χ1n) is 10.1. The molecule has 0 aliphatic rings. The summed E-state index contributed by atoms with van der Waals surface area (Å²) >= 11 is 1.27. The Hall–Kier alpha value is -3.45. The van der Waals surface area contributed by atoms with Gasteiger partial charge in [-0.25, -0.2) is 9.36 Å². The topological polar surface area (TPSA) is 73.1 Å². The lowest BCUT2D eigenvalue weighted by Gasteiger charge is -2.15. The van der Waals surface area contributed by atoms with Crippen LogP contribution in [0.2, 0.25) is 0 Å². The van der Waals surface area contributed by atoms with Gasteiger partial charge in [0.05, 0.1) is 11.2 Å². The average molecular weight is 434 g/mol. The van der Waals surface area contributed by atoms with E-state index in [1.54, 1.807) is 17.5 Å². The number of hydrogen-bond donors (Lipinski definition) is 1. The molecule has 0 radical (unpaired) electrons. The molecule has 0 atom stereocenters. The molecule has 31 heavy (non-hydrogen) atoms. The lowest BCUT2D eigenvalue weighted by Crippen LogP contribution is -2.40. The Balaban J connectivity index is 1.81. The van der Waals surface area contributed by atoms with Crippen molar-refractivity contribution >= 4 is 33.1 Å². The highest BCUT2D eigenvalue weighted by atomic mass is 32.1. The molecule has 1 amide bonds. The SMILES string of the molecule is CCc1ccccc1NC(=O)Cn1c(=O)n(-c2ccc(C)cc2C)c(=O)c2sccc21. The van der Waals surface area contributed by atoms with Crippen LogP contribution >= 0.6 is 11.3 Å². The van der Waals surface area contributed by atoms with Crippen molar-refractivity contribution in [2.24, 2.45) is 0 Å². The molecule has 6 nitrogen and oxygen atoms in total. The van der Waals surface area contributed by atoms with Gasteiger partial charge >= 0.3 is 5.69 Å².